The van der Waals surface area contributed by atoms with E-state index in [0.717, 1.165) is 17.5 Å². The van der Waals surface area contributed by atoms with E-state index < -0.39 is 5.92 Å². The van der Waals surface area contributed by atoms with Gasteiger partial charge in [0.15, 0.2) is 0 Å². The average Bonchev–Trinajstić information content (AvgIpc) is 2.72. The van der Waals surface area contributed by atoms with Gasteiger partial charge in [-0.1, -0.05) is 35.9 Å². The predicted octanol–water partition coefficient (Wildman–Crippen LogP) is 3.50. The Hall–Kier alpha value is -2.84. The lowest BCUT2D eigenvalue weighted by Gasteiger charge is -2.42. The predicted molar refractivity (Wildman–Crippen MR) is 107 cm³/mol. The molecule has 28 heavy (non-hydrogen) atoms. The lowest BCUT2D eigenvalue weighted by Crippen LogP contribution is -2.57. The Bertz CT molecular complexity index is 951. The Morgan fingerprint density at radius 3 is 2.68 bits per heavy atom. The summed E-state index contributed by atoms with van der Waals surface area (Å²) in [5, 5.41) is 12.8. The molecule has 2 aliphatic rings. The number of fused-ring (bicyclic) bond motifs is 1. The molecule has 2 aromatic rings. The van der Waals surface area contributed by atoms with E-state index in [4.69, 9.17) is 16.9 Å². The molecule has 0 bridgehead atoms. The number of carbonyl (C=O) groups excluding carboxylic acids is 2. The molecule has 4 rings (SSSR count). The van der Waals surface area contributed by atoms with Gasteiger partial charge in [-0.3, -0.25) is 9.59 Å². The second kappa shape index (κ2) is 7.65. The first-order valence-corrected chi connectivity index (χ1v) is 9.78. The van der Waals surface area contributed by atoms with Crippen molar-refractivity contribution in [1.82, 2.24) is 10.2 Å². The first-order chi connectivity index (χ1) is 13.5. The lowest BCUT2D eigenvalue weighted by molar-refractivity contribution is -0.128. The van der Waals surface area contributed by atoms with E-state index in [0.29, 0.717) is 30.1 Å². The molecule has 2 amide bonds. The first-order valence-electron chi connectivity index (χ1n) is 9.40. The molecule has 2 saturated heterocycles. The monoisotopic (exact) mass is 393 g/mol. The third kappa shape index (κ3) is 3.61. The Morgan fingerprint density at radius 2 is 1.96 bits per heavy atom. The zero-order valence-corrected chi connectivity index (χ0v) is 16.0. The fourth-order valence-corrected chi connectivity index (χ4v) is 4.30. The molecule has 0 saturated carbocycles. The van der Waals surface area contributed by atoms with Crippen LogP contribution in [0.25, 0.3) is 11.1 Å². The number of nitriles is 1. The van der Waals surface area contributed by atoms with Gasteiger partial charge in [-0.25, -0.2) is 0 Å². The van der Waals surface area contributed by atoms with Crippen LogP contribution in [0.15, 0.2) is 48.5 Å². The fraction of sp³-hybridized carbons (Fsp3) is 0.318. The summed E-state index contributed by atoms with van der Waals surface area (Å²) in [5.74, 6) is -0.680. The minimum absolute atomic E-state index is 0.0125. The average molecular weight is 394 g/mol. The van der Waals surface area contributed by atoms with Gasteiger partial charge >= 0.3 is 0 Å². The number of carbonyl (C=O) groups is 2. The SMILES string of the molecule is N#CC1CC2CN(C(=O)c3ccc(-c4cccc(Cl)c4)cc3)CCC2NC1=O. The number of piperidine rings is 2. The molecule has 5 nitrogen and oxygen atoms in total. The van der Waals surface area contributed by atoms with Crippen LogP contribution in [0.3, 0.4) is 0 Å². The van der Waals surface area contributed by atoms with E-state index in [9.17, 15) is 9.59 Å². The minimum atomic E-state index is -0.617. The molecule has 6 heteroatoms. The van der Waals surface area contributed by atoms with Crippen molar-refractivity contribution in [3.63, 3.8) is 0 Å². The van der Waals surface area contributed by atoms with Crippen LogP contribution in [0.2, 0.25) is 5.02 Å². The highest BCUT2D eigenvalue weighted by Crippen LogP contribution is 2.29. The summed E-state index contributed by atoms with van der Waals surface area (Å²) < 4.78 is 0. The summed E-state index contributed by atoms with van der Waals surface area (Å²) in [5.41, 5.74) is 2.65. The fourth-order valence-electron chi connectivity index (χ4n) is 4.11. The molecule has 0 radical (unpaired) electrons. The van der Waals surface area contributed by atoms with Gasteiger partial charge in [-0.2, -0.15) is 5.26 Å². The van der Waals surface area contributed by atoms with E-state index in [-0.39, 0.29) is 23.8 Å². The highest BCUT2D eigenvalue weighted by atomic mass is 35.5. The normalized spacial score (nSPS) is 24.1. The van der Waals surface area contributed by atoms with E-state index in [1.807, 2.05) is 53.4 Å². The molecule has 142 valence electrons. The van der Waals surface area contributed by atoms with Crippen LogP contribution in [0.5, 0.6) is 0 Å². The van der Waals surface area contributed by atoms with Crippen LogP contribution in [-0.4, -0.2) is 35.8 Å². The molecule has 0 aliphatic carbocycles. The highest BCUT2D eigenvalue weighted by molar-refractivity contribution is 6.30. The summed E-state index contributed by atoms with van der Waals surface area (Å²) in [6.07, 6.45) is 1.24. The smallest absolute Gasteiger partial charge is 0.253 e. The van der Waals surface area contributed by atoms with Crippen LogP contribution >= 0.6 is 11.6 Å². The van der Waals surface area contributed by atoms with Crippen molar-refractivity contribution in [3.05, 3.63) is 59.1 Å². The number of rotatable bonds is 2. The van der Waals surface area contributed by atoms with Gasteiger partial charge in [-0.15, -0.1) is 0 Å². The highest BCUT2D eigenvalue weighted by Gasteiger charge is 2.40. The third-order valence-corrected chi connectivity index (χ3v) is 5.88. The third-order valence-electron chi connectivity index (χ3n) is 5.65. The van der Waals surface area contributed by atoms with Gasteiger partial charge in [-0.05, 0) is 54.2 Å². The molecule has 0 spiro atoms. The zero-order chi connectivity index (χ0) is 19.7. The van der Waals surface area contributed by atoms with Crippen molar-refractivity contribution < 1.29 is 9.59 Å². The van der Waals surface area contributed by atoms with Crippen LogP contribution in [0.1, 0.15) is 23.2 Å². The Balaban J connectivity index is 1.46. The largest absolute Gasteiger partial charge is 0.352 e. The number of nitrogens with one attached hydrogen (secondary N) is 1. The number of nitrogens with zero attached hydrogens (tertiary/aromatic N) is 2. The Kier molecular flexibility index (Phi) is 5.06. The quantitative estimate of drug-likeness (QED) is 0.848. The molecule has 0 aromatic heterocycles. The maximum Gasteiger partial charge on any atom is 0.253 e. The van der Waals surface area contributed by atoms with E-state index in [1.165, 1.54) is 0 Å². The van der Waals surface area contributed by atoms with Crippen molar-refractivity contribution in [2.45, 2.75) is 18.9 Å². The standard InChI is InChI=1S/C22H20ClN3O2/c23-19-3-1-2-16(11-19)14-4-6-15(7-5-14)22(28)26-9-8-20-18(13-26)10-17(12-24)21(27)25-20/h1-7,11,17-18,20H,8-10,13H2,(H,25,27). The molecule has 3 unspecified atom stereocenters. The van der Waals surface area contributed by atoms with Crippen molar-refractivity contribution in [3.8, 4) is 17.2 Å². The molecule has 3 atom stereocenters. The second-order valence-corrected chi connectivity index (χ2v) is 7.86. The summed E-state index contributed by atoms with van der Waals surface area (Å²) in [6, 6.07) is 17.3. The van der Waals surface area contributed by atoms with Crippen LogP contribution in [-0.2, 0) is 4.79 Å². The molecule has 1 N–H and O–H groups in total. The van der Waals surface area contributed by atoms with Gasteiger partial charge in [0.2, 0.25) is 5.91 Å². The lowest BCUT2D eigenvalue weighted by atomic mass is 9.80. The maximum atomic E-state index is 12.9. The molecule has 2 aromatic carbocycles. The van der Waals surface area contributed by atoms with Crippen molar-refractivity contribution >= 4 is 23.4 Å². The van der Waals surface area contributed by atoms with Gasteiger partial charge in [0.25, 0.3) is 5.91 Å². The Labute approximate surface area is 168 Å². The summed E-state index contributed by atoms with van der Waals surface area (Å²) in [7, 11) is 0. The minimum Gasteiger partial charge on any atom is -0.352 e. The number of amides is 2. The van der Waals surface area contributed by atoms with E-state index in [2.05, 4.69) is 11.4 Å². The number of likely N-dealkylation sites (tertiary alicyclic amines) is 1. The molecular formula is C22H20ClN3O2. The summed E-state index contributed by atoms with van der Waals surface area (Å²) in [4.78, 5) is 26.6. The van der Waals surface area contributed by atoms with Gasteiger partial charge in [0.1, 0.15) is 5.92 Å². The molecule has 2 heterocycles. The number of benzene rings is 2. The molecule has 2 aliphatic heterocycles. The Morgan fingerprint density at radius 1 is 1.18 bits per heavy atom. The molecule has 2 fully saturated rings. The summed E-state index contributed by atoms with van der Waals surface area (Å²) in [6.45, 7) is 1.17. The zero-order valence-electron chi connectivity index (χ0n) is 15.3. The van der Waals surface area contributed by atoms with Crippen LogP contribution < -0.4 is 5.32 Å². The first kappa shape index (κ1) is 18.5. The van der Waals surface area contributed by atoms with Gasteiger partial charge in [0.05, 0.1) is 6.07 Å². The maximum absolute atomic E-state index is 12.9. The summed E-state index contributed by atoms with van der Waals surface area (Å²) >= 11 is 6.06. The van der Waals surface area contributed by atoms with Crippen LogP contribution in [0.4, 0.5) is 0 Å². The van der Waals surface area contributed by atoms with Crippen LogP contribution in [0, 0.1) is 23.2 Å². The van der Waals surface area contributed by atoms with Gasteiger partial charge < -0.3 is 10.2 Å². The van der Waals surface area contributed by atoms with Crippen molar-refractivity contribution in [2.24, 2.45) is 11.8 Å². The van der Waals surface area contributed by atoms with E-state index in [1.54, 1.807) is 0 Å². The number of hydrogen-bond acceptors (Lipinski definition) is 3. The number of halogens is 1. The van der Waals surface area contributed by atoms with E-state index >= 15 is 0 Å². The van der Waals surface area contributed by atoms with Crippen molar-refractivity contribution in [1.29, 1.82) is 5.26 Å². The van der Waals surface area contributed by atoms with Gasteiger partial charge in [0, 0.05) is 29.7 Å². The number of hydrogen-bond donors (Lipinski definition) is 1. The van der Waals surface area contributed by atoms with Crippen molar-refractivity contribution in [2.75, 3.05) is 13.1 Å². The molecular weight excluding hydrogens is 374 g/mol. The second-order valence-electron chi connectivity index (χ2n) is 7.42. The topological polar surface area (TPSA) is 73.2 Å².